The first-order valence-electron chi connectivity index (χ1n) is 11.8. The molecule has 0 radical (unpaired) electrons. The summed E-state index contributed by atoms with van der Waals surface area (Å²) in [5.74, 6) is -2.94. The molecular formula is C23H25F5N8O2. The van der Waals surface area contributed by atoms with Crippen molar-refractivity contribution in [2.45, 2.75) is 31.1 Å². The van der Waals surface area contributed by atoms with Crippen LogP contribution in [0.5, 0.6) is 5.88 Å². The van der Waals surface area contributed by atoms with Crippen LogP contribution in [0, 0.1) is 0 Å². The van der Waals surface area contributed by atoms with Crippen LogP contribution in [0.25, 0.3) is 27.7 Å². The van der Waals surface area contributed by atoms with Gasteiger partial charge in [-0.15, -0.1) is 10.2 Å². The first kappa shape index (κ1) is 26.0. The molecule has 5 rings (SSSR count). The van der Waals surface area contributed by atoms with Gasteiger partial charge in [-0.25, -0.2) is 18.0 Å². The van der Waals surface area contributed by atoms with E-state index in [-0.39, 0.29) is 23.8 Å². The van der Waals surface area contributed by atoms with Gasteiger partial charge < -0.3 is 14.8 Å². The normalized spacial score (nSPS) is 18.3. The van der Waals surface area contributed by atoms with Crippen molar-refractivity contribution in [3.8, 4) is 17.0 Å². The summed E-state index contributed by atoms with van der Waals surface area (Å²) in [6, 6.07) is 5.31. The first-order chi connectivity index (χ1) is 18.1. The van der Waals surface area contributed by atoms with E-state index in [2.05, 4.69) is 25.7 Å². The van der Waals surface area contributed by atoms with Crippen LogP contribution in [0.3, 0.4) is 0 Å². The third kappa shape index (κ3) is 5.20. The number of hydrogen-bond acceptors (Lipinski definition) is 8. The fourth-order valence-electron chi connectivity index (χ4n) is 4.60. The summed E-state index contributed by atoms with van der Waals surface area (Å²) in [6.45, 7) is -0.439. The molecule has 0 amide bonds. The highest BCUT2D eigenvalue weighted by atomic mass is 19.4. The Hall–Kier alpha value is -3.59. The van der Waals surface area contributed by atoms with Crippen LogP contribution in [0.2, 0.25) is 0 Å². The van der Waals surface area contributed by atoms with Crippen molar-refractivity contribution in [1.82, 2.24) is 34.5 Å². The van der Waals surface area contributed by atoms with E-state index in [1.165, 1.54) is 18.7 Å². The Bertz CT molecular complexity index is 1440. The molecule has 4 heterocycles. The molecule has 10 nitrogen and oxygen atoms in total. The summed E-state index contributed by atoms with van der Waals surface area (Å²) >= 11 is 0. The minimum atomic E-state index is -4.46. The van der Waals surface area contributed by atoms with E-state index in [1.807, 2.05) is 0 Å². The lowest BCUT2D eigenvalue weighted by atomic mass is 10.0. The van der Waals surface area contributed by atoms with E-state index in [1.54, 1.807) is 35.4 Å². The second-order valence-corrected chi connectivity index (χ2v) is 9.05. The third-order valence-corrected chi connectivity index (χ3v) is 6.42. The minimum Gasteiger partial charge on any atom is -0.479 e. The molecule has 1 aliphatic heterocycles. The number of hydrogen-bond donors (Lipinski definition) is 1. The predicted molar refractivity (Wildman–Crippen MR) is 127 cm³/mol. The SMILES string of the molecule is COCCN1CC[C@@H](Nc2nc(OC)c3c(-c4ccc5nnn(CC(F)(F)F)c5c4)ccn3n2)C(F)(F)C1. The van der Waals surface area contributed by atoms with Crippen LogP contribution in [-0.2, 0) is 11.3 Å². The number of methoxy groups -OCH3 is 2. The number of benzene rings is 1. The molecule has 1 aromatic carbocycles. The Balaban J connectivity index is 1.44. The van der Waals surface area contributed by atoms with Crippen molar-refractivity contribution < 1.29 is 31.4 Å². The van der Waals surface area contributed by atoms with Crippen LogP contribution in [0.15, 0.2) is 30.5 Å². The second-order valence-electron chi connectivity index (χ2n) is 9.05. The highest BCUT2D eigenvalue weighted by Crippen LogP contribution is 2.34. The molecule has 15 heteroatoms. The molecular weight excluding hydrogens is 515 g/mol. The van der Waals surface area contributed by atoms with Crippen molar-refractivity contribution in [1.29, 1.82) is 0 Å². The maximum atomic E-state index is 14.9. The number of fused-ring (bicyclic) bond motifs is 2. The number of nitrogens with one attached hydrogen (secondary N) is 1. The zero-order chi connectivity index (χ0) is 27.1. The summed E-state index contributed by atoms with van der Waals surface area (Å²) in [5, 5.41) is 14.5. The monoisotopic (exact) mass is 540 g/mol. The number of anilines is 1. The summed E-state index contributed by atoms with van der Waals surface area (Å²) in [5.41, 5.74) is 2.07. The molecule has 1 aliphatic rings. The largest absolute Gasteiger partial charge is 0.479 e. The zero-order valence-electron chi connectivity index (χ0n) is 20.5. The molecule has 1 saturated heterocycles. The third-order valence-electron chi connectivity index (χ3n) is 6.42. The van der Waals surface area contributed by atoms with Crippen molar-refractivity contribution in [2.24, 2.45) is 0 Å². The first-order valence-corrected chi connectivity index (χ1v) is 11.8. The van der Waals surface area contributed by atoms with Crippen LogP contribution in [-0.4, -0.2) is 93.1 Å². The molecule has 0 aliphatic carbocycles. The average Bonchev–Trinajstić information content (AvgIpc) is 3.46. The van der Waals surface area contributed by atoms with E-state index in [0.29, 0.717) is 41.9 Å². The molecule has 38 heavy (non-hydrogen) atoms. The highest BCUT2D eigenvalue weighted by molar-refractivity contribution is 5.89. The van der Waals surface area contributed by atoms with Gasteiger partial charge in [-0.1, -0.05) is 11.3 Å². The molecule has 1 fully saturated rings. The number of alkyl halides is 5. The number of rotatable bonds is 8. The Kier molecular flexibility index (Phi) is 6.81. The fourth-order valence-corrected chi connectivity index (χ4v) is 4.60. The number of piperidine rings is 1. The Morgan fingerprint density at radius 2 is 2.00 bits per heavy atom. The molecule has 0 unspecified atom stereocenters. The van der Waals surface area contributed by atoms with Crippen LogP contribution in [0.4, 0.5) is 27.9 Å². The summed E-state index contributed by atoms with van der Waals surface area (Å²) < 4.78 is 81.3. The van der Waals surface area contributed by atoms with Gasteiger partial charge in [0.15, 0.2) is 0 Å². The van der Waals surface area contributed by atoms with Gasteiger partial charge in [0.05, 0.1) is 31.8 Å². The van der Waals surface area contributed by atoms with Crippen molar-refractivity contribution in [3.63, 3.8) is 0 Å². The second kappa shape index (κ2) is 9.94. The molecule has 0 bridgehead atoms. The minimum absolute atomic E-state index is 0.0329. The molecule has 3 aromatic heterocycles. The molecule has 1 atom stereocenters. The highest BCUT2D eigenvalue weighted by Gasteiger charge is 2.45. The van der Waals surface area contributed by atoms with E-state index in [0.717, 1.165) is 4.68 Å². The van der Waals surface area contributed by atoms with Crippen molar-refractivity contribution >= 4 is 22.5 Å². The maximum absolute atomic E-state index is 14.9. The smallest absolute Gasteiger partial charge is 0.408 e. The van der Waals surface area contributed by atoms with Gasteiger partial charge in [-0.2, -0.15) is 18.2 Å². The van der Waals surface area contributed by atoms with Crippen LogP contribution in [0.1, 0.15) is 6.42 Å². The topological polar surface area (TPSA) is 94.6 Å². The number of halogens is 5. The lowest BCUT2D eigenvalue weighted by Crippen LogP contribution is -2.55. The lowest BCUT2D eigenvalue weighted by molar-refractivity contribution is -0.142. The summed E-state index contributed by atoms with van der Waals surface area (Å²) in [7, 11) is 2.91. The van der Waals surface area contributed by atoms with Gasteiger partial charge in [0.25, 0.3) is 5.92 Å². The average molecular weight is 540 g/mol. The van der Waals surface area contributed by atoms with Gasteiger partial charge >= 0.3 is 6.18 Å². The van der Waals surface area contributed by atoms with Crippen molar-refractivity contribution in [3.05, 3.63) is 30.5 Å². The quantitative estimate of drug-likeness (QED) is 0.340. The Labute approximate surface area is 213 Å². The van der Waals surface area contributed by atoms with Gasteiger partial charge in [-0.3, -0.25) is 4.90 Å². The fraction of sp³-hybridized carbons (Fsp3) is 0.478. The predicted octanol–water partition coefficient (Wildman–Crippen LogP) is 3.48. The van der Waals surface area contributed by atoms with Crippen LogP contribution < -0.4 is 10.1 Å². The molecule has 0 spiro atoms. The molecule has 204 valence electrons. The number of ether oxygens (including phenoxy) is 2. The Morgan fingerprint density at radius 3 is 2.71 bits per heavy atom. The zero-order valence-corrected chi connectivity index (χ0v) is 20.5. The number of likely N-dealkylation sites (tertiary alicyclic amines) is 1. The molecule has 4 aromatic rings. The van der Waals surface area contributed by atoms with Crippen molar-refractivity contribution in [2.75, 3.05) is 45.8 Å². The van der Waals surface area contributed by atoms with E-state index in [9.17, 15) is 22.0 Å². The van der Waals surface area contributed by atoms with E-state index in [4.69, 9.17) is 9.47 Å². The lowest BCUT2D eigenvalue weighted by Gasteiger charge is -2.38. The number of aromatic nitrogens is 6. The van der Waals surface area contributed by atoms with E-state index >= 15 is 0 Å². The van der Waals surface area contributed by atoms with E-state index < -0.39 is 31.2 Å². The van der Waals surface area contributed by atoms with Gasteiger partial charge in [-0.05, 0) is 30.2 Å². The summed E-state index contributed by atoms with van der Waals surface area (Å²) in [4.78, 5) is 5.96. The van der Waals surface area contributed by atoms with Crippen LogP contribution >= 0.6 is 0 Å². The standard InChI is InChI=1S/C23H25F5N8O2/c1-37-10-9-34-7-6-18(22(24,25)12-34)29-21-30-20(38-2)19-15(5-8-35(19)32-21)14-3-4-16-17(11-14)36(33-31-16)13-23(26,27)28/h3-5,8,11,18H,6-7,9-10,12-13H2,1-2H3,(H,29,32)/t18-/m1/s1. The summed E-state index contributed by atoms with van der Waals surface area (Å²) in [6.07, 6.45) is -2.69. The van der Waals surface area contributed by atoms with Gasteiger partial charge in [0, 0.05) is 32.0 Å². The molecule has 1 N–H and O–H groups in total. The maximum Gasteiger partial charge on any atom is 0.408 e. The van der Waals surface area contributed by atoms with Gasteiger partial charge in [0.1, 0.15) is 17.6 Å². The number of nitrogens with zero attached hydrogens (tertiary/aromatic N) is 7. The Morgan fingerprint density at radius 1 is 1.18 bits per heavy atom. The van der Waals surface area contributed by atoms with Gasteiger partial charge in [0.2, 0.25) is 11.8 Å². The molecule has 0 saturated carbocycles.